The number of aryl methyl sites for hydroxylation is 2. The summed E-state index contributed by atoms with van der Waals surface area (Å²) in [5.74, 6) is -0.299. The molecule has 0 fully saturated rings. The molecule has 0 radical (unpaired) electrons. The molecule has 1 aliphatic carbocycles. The summed E-state index contributed by atoms with van der Waals surface area (Å²) in [5, 5.41) is 0. The third kappa shape index (κ3) is 6.73. The highest BCUT2D eigenvalue weighted by Gasteiger charge is 2.29. The number of benzene rings is 3. The molecule has 0 spiro atoms. The molecule has 1 unspecified atom stereocenters. The highest BCUT2D eigenvalue weighted by atomic mass is 16.6. The number of ether oxygens (including phenoxy) is 3. The average molecular weight is 515 g/mol. The van der Waals surface area contributed by atoms with Crippen molar-refractivity contribution in [3.05, 3.63) is 94.0 Å². The predicted octanol–water partition coefficient (Wildman–Crippen LogP) is 7.43. The van der Waals surface area contributed by atoms with Gasteiger partial charge in [0.15, 0.2) is 6.10 Å². The van der Waals surface area contributed by atoms with E-state index in [4.69, 9.17) is 14.2 Å². The van der Waals surface area contributed by atoms with Crippen molar-refractivity contribution in [3.8, 4) is 11.1 Å². The molecule has 1 aliphatic rings. The van der Waals surface area contributed by atoms with Crippen LogP contribution in [0.25, 0.3) is 11.1 Å². The SMILES string of the molecule is CCCc1ccc2c(c1)-c1cc(CCC)ccc1C2OCCc1ccc(CC(OCC)C(=O)OCC)cc1. The Morgan fingerprint density at radius 3 is 1.79 bits per heavy atom. The van der Waals surface area contributed by atoms with Crippen molar-refractivity contribution < 1.29 is 19.0 Å². The largest absolute Gasteiger partial charge is 0.464 e. The van der Waals surface area contributed by atoms with E-state index in [-0.39, 0.29) is 12.1 Å². The quantitative estimate of drug-likeness (QED) is 0.210. The summed E-state index contributed by atoms with van der Waals surface area (Å²) in [5.41, 5.74) is 10.3. The molecular weight excluding hydrogens is 472 g/mol. The summed E-state index contributed by atoms with van der Waals surface area (Å²) in [6.45, 7) is 9.65. The molecule has 0 heterocycles. The van der Waals surface area contributed by atoms with E-state index in [0.29, 0.717) is 26.2 Å². The zero-order valence-electron chi connectivity index (χ0n) is 23.4. The smallest absolute Gasteiger partial charge is 0.335 e. The lowest BCUT2D eigenvalue weighted by Gasteiger charge is -2.17. The highest BCUT2D eigenvalue weighted by Crippen LogP contribution is 2.46. The monoisotopic (exact) mass is 514 g/mol. The zero-order valence-corrected chi connectivity index (χ0v) is 23.4. The van der Waals surface area contributed by atoms with Crippen LogP contribution in [0.5, 0.6) is 0 Å². The van der Waals surface area contributed by atoms with Gasteiger partial charge in [-0.1, -0.05) is 87.4 Å². The number of carbonyl (C=O) groups excluding carboxylic acids is 1. The molecule has 1 atom stereocenters. The van der Waals surface area contributed by atoms with Gasteiger partial charge in [-0.25, -0.2) is 4.79 Å². The number of esters is 1. The lowest BCUT2D eigenvalue weighted by atomic mass is 9.98. The minimum Gasteiger partial charge on any atom is -0.464 e. The Balaban J connectivity index is 1.43. The lowest BCUT2D eigenvalue weighted by molar-refractivity contribution is -0.156. The van der Waals surface area contributed by atoms with Crippen LogP contribution in [-0.4, -0.2) is 31.9 Å². The van der Waals surface area contributed by atoms with Crippen molar-refractivity contribution in [1.29, 1.82) is 0 Å². The number of carbonyl (C=O) groups is 1. The first kappa shape index (κ1) is 28.1. The molecule has 0 saturated heterocycles. The second-order valence-corrected chi connectivity index (χ2v) is 10.1. The Labute approximate surface area is 228 Å². The molecule has 3 aromatic rings. The summed E-state index contributed by atoms with van der Waals surface area (Å²) in [7, 11) is 0. The van der Waals surface area contributed by atoms with E-state index in [0.717, 1.165) is 37.7 Å². The second kappa shape index (κ2) is 13.7. The van der Waals surface area contributed by atoms with Crippen LogP contribution >= 0.6 is 0 Å². The normalized spacial score (nSPS) is 13.3. The molecule has 4 nitrogen and oxygen atoms in total. The fourth-order valence-electron chi connectivity index (χ4n) is 5.36. The van der Waals surface area contributed by atoms with Gasteiger partial charge in [0, 0.05) is 13.0 Å². The topological polar surface area (TPSA) is 44.8 Å². The fraction of sp³-hybridized carbons (Fsp3) is 0.441. The van der Waals surface area contributed by atoms with Crippen LogP contribution < -0.4 is 0 Å². The summed E-state index contributed by atoms with van der Waals surface area (Å²) in [6.07, 6.45) is 5.25. The molecule has 0 aromatic heterocycles. The Morgan fingerprint density at radius 2 is 1.26 bits per heavy atom. The first-order chi connectivity index (χ1) is 18.6. The van der Waals surface area contributed by atoms with Gasteiger partial charge in [0.2, 0.25) is 0 Å². The fourth-order valence-corrected chi connectivity index (χ4v) is 5.36. The van der Waals surface area contributed by atoms with Crippen LogP contribution in [0.15, 0.2) is 60.7 Å². The minimum absolute atomic E-state index is 0.0258. The molecule has 38 heavy (non-hydrogen) atoms. The molecule has 0 amide bonds. The van der Waals surface area contributed by atoms with Gasteiger partial charge in [-0.05, 0) is 77.6 Å². The molecule has 0 N–H and O–H groups in total. The first-order valence-electron chi connectivity index (χ1n) is 14.3. The maximum Gasteiger partial charge on any atom is 0.335 e. The Kier molecular flexibility index (Phi) is 10.1. The van der Waals surface area contributed by atoms with Crippen LogP contribution in [0, 0.1) is 0 Å². The maximum atomic E-state index is 12.2. The van der Waals surface area contributed by atoms with E-state index in [1.54, 1.807) is 0 Å². The van der Waals surface area contributed by atoms with Crippen molar-refractivity contribution in [2.24, 2.45) is 0 Å². The number of hydrogen-bond acceptors (Lipinski definition) is 4. The maximum absolute atomic E-state index is 12.2. The van der Waals surface area contributed by atoms with Gasteiger partial charge in [0.25, 0.3) is 0 Å². The third-order valence-corrected chi connectivity index (χ3v) is 7.20. The molecular formula is C34H42O4. The Bertz CT molecular complexity index is 1140. The molecule has 202 valence electrons. The van der Waals surface area contributed by atoms with Gasteiger partial charge in [-0.15, -0.1) is 0 Å². The molecule has 4 heteroatoms. The van der Waals surface area contributed by atoms with Gasteiger partial charge in [-0.2, -0.15) is 0 Å². The first-order valence-corrected chi connectivity index (χ1v) is 14.3. The Morgan fingerprint density at radius 1 is 0.711 bits per heavy atom. The standard InChI is InChI=1S/C34H42O4/c1-5-9-25-15-17-28-30(21-25)31-22-26(10-6-2)16-18-29(31)33(28)38-20-19-24-11-13-27(14-12-24)23-32(36-7-3)34(35)37-8-4/h11-18,21-22,32-33H,5-10,19-20,23H2,1-4H3. The zero-order chi connectivity index (χ0) is 26.9. The van der Waals surface area contributed by atoms with Crippen molar-refractivity contribution >= 4 is 5.97 Å². The minimum atomic E-state index is -0.563. The van der Waals surface area contributed by atoms with E-state index in [9.17, 15) is 4.79 Å². The molecule has 0 saturated carbocycles. The van der Waals surface area contributed by atoms with Crippen molar-refractivity contribution in [1.82, 2.24) is 0 Å². The van der Waals surface area contributed by atoms with E-state index in [2.05, 4.69) is 74.5 Å². The second-order valence-electron chi connectivity index (χ2n) is 10.1. The highest BCUT2D eigenvalue weighted by molar-refractivity contribution is 5.79. The molecule has 3 aromatic carbocycles. The summed E-state index contributed by atoms with van der Waals surface area (Å²) >= 11 is 0. The van der Waals surface area contributed by atoms with E-state index in [1.807, 2.05) is 13.8 Å². The van der Waals surface area contributed by atoms with E-state index in [1.165, 1.54) is 38.9 Å². The van der Waals surface area contributed by atoms with Crippen LogP contribution in [0.3, 0.4) is 0 Å². The van der Waals surface area contributed by atoms with Crippen LogP contribution in [0.2, 0.25) is 0 Å². The van der Waals surface area contributed by atoms with Crippen molar-refractivity contribution in [2.45, 2.75) is 78.4 Å². The summed E-state index contributed by atoms with van der Waals surface area (Å²) in [6, 6.07) is 22.2. The Hall–Kier alpha value is -2.95. The molecule has 4 rings (SSSR count). The third-order valence-electron chi connectivity index (χ3n) is 7.20. The van der Waals surface area contributed by atoms with Crippen molar-refractivity contribution in [2.75, 3.05) is 19.8 Å². The lowest BCUT2D eigenvalue weighted by Crippen LogP contribution is -2.29. The molecule has 0 aliphatic heterocycles. The van der Waals surface area contributed by atoms with E-state index >= 15 is 0 Å². The van der Waals surface area contributed by atoms with Gasteiger partial charge in [0.1, 0.15) is 6.10 Å². The number of hydrogen-bond donors (Lipinski definition) is 0. The predicted molar refractivity (Wildman–Crippen MR) is 154 cm³/mol. The van der Waals surface area contributed by atoms with Gasteiger partial charge < -0.3 is 14.2 Å². The van der Waals surface area contributed by atoms with Crippen LogP contribution in [-0.2, 0) is 44.7 Å². The average Bonchev–Trinajstić information content (AvgIpc) is 3.22. The number of rotatable bonds is 14. The van der Waals surface area contributed by atoms with Crippen molar-refractivity contribution in [3.63, 3.8) is 0 Å². The van der Waals surface area contributed by atoms with Gasteiger partial charge in [-0.3, -0.25) is 0 Å². The van der Waals surface area contributed by atoms with Crippen LogP contribution in [0.4, 0.5) is 0 Å². The summed E-state index contributed by atoms with van der Waals surface area (Å²) in [4.78, 5) is 12.2. The van der Waals surface area contributed by atoms with Gasteiger partial charge in [0.05, 0.1) is 13.2 Å². The number of fused-ring (bicyclic) bond motifs is 3. The summed E-state index contributed by atoms with van der Waals surface area (Å²) < 4.78 is 17.3. The molecule has 0 bridgehead atoms. The van der Waals surface area contributed by atoms with Gasteiger partial charge >= 0.3 is 5.97 Å². The van der Waals surface area contributed by atoms with Crippen LogP contribution in [0.1, 0.15) is 80.0 Å². The van der Waals surface area contributed by atoms with E-state index < -0.39 is 6.10 Å².